The minimum Gasteiger partial charge on any atom is -0.455 e. The number of nitrogens with zero attached hydrogens (tertiary/aromatic N) is 4. The number of nitro benzene ring substituents is 1. The molecule has 14 nitrogen and oxygen atoms in total. The highest BCUT2D eigenvalue weighted by Crippen LogP contribution is 2.42. The zero-order valence-corrected chi connectivity index (χ0v) is 33.7. The van der Waals surface area contributed by atoms with Crippen LogP contribution in [-0.4, -0.2) is 68.6 Å². The molecule has 3 aliphatic heterocycles. The van der Waals surface area contributed by atoms with Crippen LogP contribution in [0.25, 0.3) is 22.2 Å². The van der Waals surface area contributed by atoms with Crippen molar-refractivity contribution in [3.8, 4) is 22.6 Å². The third kappa shape index (κ3) is 8.10. The highest BCUT2D eigenvalue weighted by atomic mass is 32.2. The van der Waals surface area contributed by atoms with Gasteiger partial charge in [0.25, 0.3) is 21.6 Å². The number of amides is 1. The standard InChI is InChI=1S/C45H45N7O7S/c53-45(49-60(56,57)36-13-15-39(42(27-36)52(54)55)47-28-30-17-23-58-24-18-30)38-14-10-32(26-43(38)59-35-25-33-16-19-46-44(33)48-29-35)31-8-11-34(12-9-31)51-22-3-7-41(51)37-5-1-2-6-40(37)50-20-4-21-50/h1-2,5-6,8-16,19,25-27,29-30,41,47H,3-4,7,17-18,20-24,28H2,(H,46,48)(H,49,53). The summed E-state index contributed by atoms with van der Waals surface area (Å²) in [6.45, 7) is 4.86. The molecular weight excluding hydrogens is 783 g/mol. The van der Waals surface area contributed by atoms with Gasteiger partial charge in [0.05, 0.1) is 27.6 Å². The Hall–Kier alpha value is -6.45. The van der Waals surface area contributed by atoms with Gasteiger partial charge in [0, 0.05) is 68.4 Å². The highest BCUT2D eigenvalue weighted by molar-refractivity contribution is 7.90. The maximum absolute atomic E-state index is 13.9. The van der Waals surface area contributed by atoms with Crippen LogP contribution in [0.15, 0.2) is 114 Å². The van der Waals surface area contributed by atoms with Gasteiger partial charge in [0.15, 0.2) is 0 Å². The first-order chi connectivity index (χ1) is 29.2. The second kappa shape index (κ2) is 16.7. The quantitative estimate of drug-likeness (QED) is 0.0754. The molecule has 0 spiro atoms. The minimum atomic E-state index is -4.56. The molecule has 0 bridgehead atoms. The van der Waals surface area contributed by atoms with Gasteiger partial charge in [-0.3, -0.25) is 14.9 Å². The van der Waals surface area contributed by atoms with Gasteiger partial charge >= 0.3 is 0 Å². The number of nitro groups is 1. The Bertz CT molecular complexity index is 2660. The summed E-state index contributed by atoms with van der Waals surface area (Å²) in [6, 6.07) is 29.4. The summed E-state index contributed by atoms with van der Waals surface area (Å²) in [6.07, 6.45) is 8.31. The summed E-state index contributed by atoms with van der Waals surface area (Å²) in [5.74, 6) is -0.257. The SMILES string of the molecule is O=C(NS(=O)(=O)c1ccc(NCC2CCOCC2)c([N+](=O)[O-])c1)c1ccc(-c2ccc(N3CCCC3c3ccccc3N3CCC3)cc2)cc1Oc1cnc2[nH]ccc2c1. The molecule has 0 aliphatic carbocycles. The fourth-order valence-corrected chi connectivity index (χ4v) is 9.34. The van der Waals surface area contributed by atoms with E-state index in [0.29, 0.717) is 31.2 Å². The number of pyridine rings is 1. The molecule has 0 radical (unpaired) electrons. The van der Waals surface area contributed by atoms with Crippen molar-refractivity contribution in [3.05, 3.63) is 131 Å². The fraction of sp³-hybridized carbons (Fsp3) is 0.289. The Kier molecular flexibility index (Phi) is 10.8. The number of para-hydroxylation sites is 1. The van der Waals surface area contributed by atoms with E-state index in [0.717, 1.165) is 73.6 Å². The number of hydrogen-bond donors (Lipinski definition) is 3. The molecule has 15 heteroatoms. The van der Waals surface area contributed by atoms with Gasteiger partial charge in [0.1, 0.15) is 22.8 Å². The Morgan fingerprint density at radius 3 is 2.50 bits per heavy atom. The zero-order valence-electron chi connectivity index (χ0n) is 32.9. The summed E-state index contributed by atoms with van der Waals surface area (Å²) in [5.41, 5.74) is 5.79. The van der Waals surface area contributed by atoms with E-state index in [1.807, 2.05) is 18.2 Å². The van der Waals surface area contributed by atoms with Crippen LogP contribution in [0.2, 0.25) is 0 Å². The molecule has 1 atom stereocenters. The van der Waals surface area contributed by atoms with Crippen molar-refractivity contribution in [2.24, 2.45) is 5.92 Å². The summed E-state index contributed by atoms with van der Waals surface area (Å²) in [4.78, 5) is 37.3. The largest absolute Gasteiger partial charge is 0.455 e. The number of carbonyl (C=O) groups excluding carboxylic acids is 1. The van der Waals surface area contributed by atoms with Crippen LogP contribution in [0.1, 0.15) is 54.1 Å². The van der Waals surface area contributed by atoms with Crippen molar-refractivity contribution in [2.75, 3.05) is 54.5 Å². The molecule has 3 N–H and O–H groups in total. The predicted octanol–water partition coefficient (Wildman–Crippen LogP) is 8.44. The van der Waals surface area contributed by atoms with E-state index in [1.54, 1.807) is 24.4 Å². The fourth-order valence-electron chi connectivity index (χ4n) is 8.36. The van der Waals surface area contributed by atoms with Crippen LogP contribution in [0, 0.1) is 16.0 Å². The van der Waals surface area contributed by atoms with Gasteiger partial charge in [-0.25, -0.2) is 18.1 Å². The monoisotopic (exact) mass is 827 g/mol. The van der Waals surface area contributed by atoms with Crippen LogP contribution in [0.3, 0.4) is 0 Å². The zero-order chi connectivity index (χ0) is 41.2. The van der Waals surface area contributed by atoms with E-state index in [-0.39, 0.29) is 29.0 Å². The number of hydrogen-bond acceptors (Lipinski definition) is 11. The first-order valence-electron chi connectivity index (χ1n) is 20.3. The predicted molar refractivity (Wildman–Crippen MR) is 230 cm³/mol. The Labute approximate surface area is 347 Å². The van der Waals surface area contributed by atoms with Gasteiger partial charge < -0.3 is 29.6 Å². The van der Waals surface area contributed by atoms with E-state index in [1.165, 1.54) is 42.1 Å². The van der Waals surface area contributed by atoms with E-state index in [2.05, 4.69) is 66.2 Å². The molecule has 3 aliphatic rings. The van der Waals surface area contributed by atoms with Crippen LogP contribution < -0.4 is 24.6 Å². The number of benzene rings is 4. The topological polar surface area (TPSA) is 172 Å². The molecule has 2 aromatic heterocycles. The third-order valence-electron chi connectivity index (χ3n) is 11.7. The number of aromatic amines is 1. The molecule has 1 amide bonds. The summed E-state index contributed by atoms with van der Waals surface area (Å²) in [7, 11) is -4.56. The lowest BCUT2D eigenvalue weighted by molar-refractivity contribution is -0.384. The minimum absolute atomic E-state index is 0.0573. The molecule has 5 heterocycles. The van der Waals surface area contributed by atoms with Crippen LogP contribution in [-0.2, 0) is 14.8 Å². The molecule has 3 fully saturated rings. The van der Waals surface area contributed by atoms with E-state index in [4.69, 9.17) is 9.47 Å². The maximum atomic E-state index is 13.9. The smallest absolute Gasteiger partial charge is 0.293 e. The molecular formula is C45H45N7O7S. The highest BCUT2D eigenvalue weighted by Gasteiger charge is 2.31. The van der Waals surface area contributed by atoms with Crippen LogP contribution >= 0.6 is 0 Å². The number of carbonyl (C=O) groups is 1. The number of H-pyrrole nitrogens is 1. The van der Waals surface area contributed by atoms with E-state index in [9.17, 15) is 23.3 Å². The molecule has 3 saturated heterocycles. The normalized spacial score (nSPS) is 17.0. The summed E-state index contributed by atoms with van der Waals surface area (Å²) < 4.78 is 41.1. The molecule has 308 valence electrons. The van der Waals surface area contributed by atoms with Crippen molar-refractivity contribution in [1.82, 2.24) is 14.7 Å². The van der Waals surface area contributed by atoms with Crippen molar-refractivity contribution < 1.29 is 27.6 Å². The van der Waals surface area contributed by atoms with E-state index >= 15 is 0 Å². The van der Waals surface area contributed by atoms with Gasteiger partial charge in [-0.15, -0.1) is 0 Å². The first-order valence-corrected chi connectivity index (χ1v) is 21.8. The molecule has 4 aromatic carbocycles. The number of sulfonamides is 1. The first kappa shape index (κ1) is 39.0. The molecule has 6 aromatic rings. The van der Waals surface area contributed by atoms with Gasteiger partial charge in [-0.05, 0) is 109 Å². The Balaban J connectivity index is 0.978. The summed E-state index contributed by atoms with van der Waals surface area (Å²) in [5, 5.41) is 16.0. The third-order valence-corrected chi connectivity index (χ3v) is 13.1. The Morgan fingerprint density at radius 1 is 0.917 bits per heavy atom. The number of anilines is 3. The van der Waals surface area contributed by atoms with Crippen molar-refractivity contribution in [1.29, 1.82) is 0 Å². The number of fused-ring (bicyclic) bond motifs is 1. The lowest BCUT2D eigenvalue weighted by Crippen LogP contribution is -2.38. The second-order valence-corrected chi connectivity index (χ2v) is 17.2. The van der Waals surface area contributed by atoms with Crippen LogP contribution in [0.4, 0.5) is 22.7 Å². The molecule has 9 rings (SSSR count). The lowest BCUT2D eigenvalue weighted by atomic mass is 9.99. The Morgan fingerprint density at radius 2 is 1.72 bits per heavy atom. The van der Waals surface area contributed by atoms with Gasteiger partial charge in [-0.1, -0.05) is 36.4 Å². The lowest BCUT2D eigenvalue weighted by Gasteiger charge is -2.37. The van der Waals surface area contributed by atoms with Gasteiger partial charge in [-0.2, -0.15) is 0 Å². The second-order valence-electron chi connectivity index (χ2n) is 15.5. The summed E-state index contributed by atoms with van der Waals surface area (Å²) >= 11 is 0. The van der Waals surface area contributed by atoms with E-state index < -0.39 is 31.4 Å². The van der Waals surface area contributed by atoms with Crippen molar-refractivity contribution in [2.45, 2.75) is 43.0 Å². The van der Waals surface area contributed by atoms with Gasteiger partial charge in [0.2, 0.25) is 0 Å². The van der Waals surface area contributed by atoms with Crippen molar-refractivity contribution >= 4 is 49.7 Å². The number of nitrogens with one attached hydrogen (secondary N) is 3. The van der Waals surface area contributed by atoms with Crippen LogP contribution in [0.5, 0.6) is 11.5 Å². The maximum Gasteiger partial charge on any atom is 0.293 e. The number of ether oxygens (including phenoxy) is 2. The number of aromatic nitrogens is 2. The molecule has 60 heavy (non-hydrogen) atoms. The average Bonchev–Trinajstić information content (AvgIpc) is 3.93. The number of rotatable bonds is 13. The molecule has 1 unspecified atom stereocenters. The average molecular weight is 828 g/mol. The van der Waals surface area contributed by atoms with Crippen molar-refractivity contribution in [3.63, 3.8) is 0 Å². The molecule has 0 saturated carbocycles.